The third kappa shape index (κ3) is 12.8. The summed E-state index contributed by atoms with van der Waals surface area (Å²) in [6.45, 7) is 6.79. The van der Waals surface area contributed by atoms with Crippen LogP contribution in [0.1, 0.15) is 72.1 Å². The van der Waals surface area contributed by atoms with E-state index >= 15 is 0 Å². The van der Waals surface area contributed by atoms with Crippen molar-refractivity contribution in [2.45, 2.75) is 83.8 Å². The van der Waals surface area contributed by atoms with Gasteiger partial charge in [0.15, 0.2) is 9.76 Å². The molecule has 0 atom stereocenters. The van der Waals surface area contributed by atoms with Gasteiger partial charge in [0.1, 0.15) is 0 Å². The highest BCUT2D eigenvalue weighted by Crippen LogP contribution is 2.19. The molecule has 0 rings (SSSR count). The topological polar surface area (TPSA) is 9.23 Å². The third-order valence-corrected chi connectivity index (χ3v) is 5.27. The van der Waals surface area contributed by atoms with E-state index in [1.807, 2.05) is 0 Å². The summed E-state index contributed by atoms with van der Waals surface area (Å²) in [6, 6.07) is 1.32. The molecule has 0 aromatic rings. The van der Waals surface area contributed by atoms with Crippen LogP contribution in [0.15, 0.2) is 0 Å². The first-order valence-electron chi connectivity index (χ1n) is 7.37. The average Bonchev–Trinajstić information content (AvgIpc) is 2.28. The summed E-state index contributed by atoms with van der Waals surface area (Å²) in [4.78, 5) is 0. The highest BCUT2D eigenvalue weighted by atomic mass is 32.1. The Balaban J connectivity index is 3.38. The fourth-order valence-corrected chi connectivity index (χ4v) is 3.59. The van der Waals surface area contributed by atoms with Crippen LogP contribution in [0.4, 0.5) is 0 Å². The quantitative estimate of drug-likeness (QED) is 0.317. The van der Waals surface area contributed by atoms with Crippen molar-refractivity contribution in [1.29, 1.82) is 0 Å². The molecule has 0 bridgehead atoms. The lowest BCUT2D eigenvalue weighted by Gasteiger charge is -2.26. The van der Waals surface area contributed by atoms with E-state index in [-0.39, 0.29) is 15.4 Å². The molecule has 0 saturated heterocycles. The molecule has 0 aliphatic rings. The van der Waals surface area contributed by atoms with E-state index in [4.69, 9.17) is 4.43 Å². The molecule has 1 nitrogen and oxygen atoms in total. The molecule has 0 radical (unpaired) electrons. The maximum absolute atomic E-state index is 6.10. The van der Waals surface area contributed by atoms with Crippen LogP contribution in [0.25, 0.3) is 0 Å². The van der Waals surface area contributed by atoms with Crippen molar-refractivity contribution in [3.05, 3.63) is 0 Å². The summed E-state index contributed by atoms with van der Waals surface area (Å²) in [7, 11) is -0.291. The Labute approximate surface area is 116 Å². The van der Waals surface area contributed by atoms with Gasteiger partial charge in [-0.2, -0.15) is 12.6 Å². The van der Waals surface area contributed by atoms with Crippen molar-refractivity contribution >= 4 is 22.4 Å². The summed E-state index contributed by atoms with van der Waals surface area (Å²) in [5.41, 5.74) is 0.138. The molecule has 0 N–H and O–H groups in total. The van der Waals surface area contributed by atoms with Crippen molar-refractivity contribution in [2.75, 3.05) is 5.75 Å². The number of hydrogen-bond donors (Lipinski definition) is 1. The van der Waals surface area contributed by atoms with Crippen LogP contribution in [0.5, 0.6) is 0 Å². The molecule has 0 saturated carbocycles. The molecule has 0 fully saturated rings. The van der Waals surface area contributed by atoms with E-state index < -0.39 is 0 Å². The van der Waals surface area contributed by atoms with Gasteiger partial charge in [-0.25, -0.2) is 0 Å². The monoisotopic (exact) mass is 276 g/mol. The molecule has 0 aromatic heterocycles. The van der Waals surface area contributed by atoms with Gasteiger partial charge < -0.3 is 4.43 Å². The number of rotatable bonds is 12. The number of thiol groups is 1. The number of unbranched alkanes of at least 4 members (excludes halogenated alkanes) is 5. The Morgan fingerprint density at radius 1 is 1.00 bits per heavy atom. The Bertz CT molecular complexity index is 146. The zero-order chi connectivity index (χ0) is 13.0. The van der Waals surface area contributed by atoms with Crippen LogP contribution in [0.3, 0.4) is 0 Å². The van der Waals surface area contributed by atoms with Crippen molar-refractivity contribution < 1.29 is 4.43 Å². The maximum atomic E-state index is 6.10. The Hall–Kier alpha value is 0.527. The second-order valence-electron chi connectivity index (χ2n) is 5.56. The lowest BCUT2D eigenvalue weighted by atomic mass is 10.0. The van der Waals surface area contributed by atoms with Gasteiger partial charge in [0.05, 0.1) is 0 Å². The zero-order valence-corrected chi connectivity index (χ0v) is 14.4. The van der Waals surface area contributed by atoms with Crippen LogP contribution in [0.2, 0.25) is 6.04 Å². The lowest BCUT2D eigenvalue weighted by Crippen LogP contribution is -2.26. The van der Waals surface area contributed by atoms with E-state index in [0.717, 1.165) is 5.75 Å². The molecule has 3 heteroatoms. The highest BCUT2D eigenvalue weighted by molar-refractivity contribution is 7.80. The van der Waals surface area contributed by atoms with Crippen molar-refractivity contribution in [2.24, 2.45) is 0 Å². The Morgan fingerprint density at radius 3 is 2.35 bits per heavy atom. The first kappa shape index (κ1) is 17.5. The predicted octanol–water partition coefficient (Wildman–Crippen LogP) is 4.35. The molecular weight excluding hydrogens is 244 g/mol. The standard InChI is InChI=1S/C14H32OSSi/c1-4-5-6-7-8-11-14(2,3)15-17-13-10-9-12-16/h16H,4-13,17H2,1-3H3. The molecule has 0 aromatic carbocycles. The molecule has 104 valence electrons. The van der Waals surface area contributed by atoms with Gasteiger partial charge in [-0.15, -0.1) is 0 Å². The van der Waals surface area contributed by atoms with E-state index in [1.54, 1.807) is 0 Å². The fourth-order valence-electron chi connectivity index (χ4n) is 1.97. The van der Waals surface area contributed by atoms with Crippen molar-refractivity contribution in [3.8, 4) is 0 Å². The molecule has 0 amide bonds. The minimum absolute atomic E-state index is 0.138. The molecule has 0 aliphatic carbocycles. The first-order valence-corrected chi connectivity index (χ1v) is 9.58. The Morgan fingerprint density at radius 2 is 1.71 bits per heavy atom. The van der Waals surface area contributed by atoms with Gasteiger partial charge in [-0.05, 0) is 38.5 Å². The minimum atomic E-state index is -0.291. The normalized spacial score (nSPS) is 12.7. The first-order chi connectivity index (χ1) is 8.12. The molecule has 0 unspecified atom stereocenters. The van der Waals surface area contributed by atoms with E-state index in [2.05, 4.69) is 33.4 Å². The van der Waals surface area contributed by atoms with Gasteiger partial charge in [0, 0.05) is 5.60 Å². The summed E-state index contributed by atoms with van der Waals surface area (Å²) >= 11 is 4.23. The molecule has 17 heavy (non-hydrogen) atoms. The smallest absolute Gasteiger partial charge is 0.162 e. The van der Waals surface area contributed by atoms with Gasteiger partial charge in [-0.1, -0.05) is 45.4 Å². The lowest BCUT2D eigenvalue weighted by molar-refractivity contribution is 0.101. The summed E-state index contributed by atoms with van der Waals surface area (Å²) in [6.07, 6.45) is 10.6. The highest BCUT2D eigenvalue weighted by Gasteiger charge is 2.16. The van der Waals surface area contributed by atoms with Crippen LogP contribution >= 0.6 is 12.6 Å². The average molecular weight is 277 g/mol. The van der Waals surface area contributed by atoms with Gasteiger partial charge in [-0.3, -0.25) is 0 Å². The second kappa shape index (κ2) is 11.6. The summed E-state index contributed by atoms with van der Waals surface area (Å²) in [5.74, 6) is 1.02. The Kier molecular flexibility index (Phi) is 12.0. The largest absolute Gasteiger partial charge is 0.419 e. The zero-order valence-electron chi connectivity index (χ0n) is 12.1. The van der Waals surface area contributed by atoms with E-state index in [1.165, 1.54) is 57.4 Å². The van der Waals surface area contributed by atoms with Crippen LogP contribution in [-0.2, 0) is 4.43 Å². The van der Waals surface area contributed by atoms with Gasteiger partial charge >= 0.3 is 0 Å². The fraction of sp³-hybridized carbons (Fsp3) is 1.00. The van der Waals surface area contributed by atoms with Crippen LogP contribution in [-0.4, -0.2) is 21.1 Å². The minimum Gasteiger partial charge on any atom is -0.419 e. The van der Waals surface area contributed by atoms with Gasteiger partial charge in [0.2, 0.25) is 0 Å². The predicted molar refractivity (Wildman–Crippen MR) is 85.0 cm³/mol. The van der Waals surface area contributed by atoms with Crippen molar-refractivity contribution in [3.63, 3.8) is 0 Å². The SMILES string of the molecule is CCCCCCCC(C)(C)O[SiH2]CCCCS. The van der Waals surface area contributed by atoms with E-state index in [0.29, 0.717) is 0 Å². The van der Waals surface area contributed by atoms with Crippen LogP contribution < -0.4 is 0 Å². The summed E-state index contributed by atoms with van der Waals surface area (Å²) < 4.78 is 6.10. The summed E-state index contributed by atoms with van der Waals surface area (Å²) in [5, 5.41) is 0. The second-order valence-corrected chi connectivity index (χ2v) is 7.41. The maximum Gasteiger partial charge on any atom is 0.162 e. The molecule has 0 aliphatic heterocycles. The third-order valence-electron chi connectivity index (χ3n) is 3.18. The van der Waals surface area contributed by atoms with Gasteiger partial charge in [0.25, 0.3) is 0 Å². The number of hydrogen-bond acceptors (Lipinski definition) is 2. The van der Waals surface area contributed by atoms with Crippen molar-refractivity contribution in [1.82, 2.24) is 0 Å². The molecule has 0 spiro atoms. The van der Waals surface area contributed by atoms with Crippen LogP contribution in [0, 0.1) is 0 Å². The molecule has 0 heterocycles. The molecular formula is C14H32OSSi. The van der Waals surface area contributed by atoms with E-state index in [9.17, 15) is 0 Å².